The second-order valence-corrected chi connectivity index (χ2v) is 6.80. The number of para-hydroxylation sites is 1. The molecule has 2 aromatic rings. The van der Waals surface area contributed by atoms with Crippen LogP contribution in [-0.2, 0) is 16.8 Å². The van der Waals surface area contributed by atoms with Crippen LogP contribution in [0.2, 0.25) is 0 Å². The Morgan fingerprint density at radius 1 is 1.37 bits per heavy atom. The molecule has 7 nitrogen and oxygen atoms in total. The number of rotatable bonds is 7. The number of amides is 1. The zero-order chi connectivity index (χ0) is 18.6. The zero-order valence-electron chi connectivity index (χ0n) is 15.7. The molecular weight excluding hydrogens is 368 g/mol. The van der Waals surface area contributed by atoms with Crippen LogP contribution >= 0.6 is 12.4 Å². The molecule has 1 saturated carbocycles. The lowest BCUT2D eigenvalue weighted by Crippen LogP contribution is -2.34. The van der Waals surface area contributed by atoms with E-state index in [-0.39, 0.29) is 24.4 Å². The summed E-state index contributed by atoms with van der Waals surface area (Å²) in [5.74, 6) is 1.62. The van der Waals surface area contributed by atoms with Gasteiger partial charge in [0.25, 0.3) is 0 Å². The minimum atomic E-state index is -0.492. The SMILES string of the molecule is CCOc1ccccc1C(Cc1nc(C2(N)CCCC2)no1)NC(C)=O.Cl. The Balaban J connectivity index is 0.00000261. The number of hydrogen-bond acceptors (Lipinski definition) is 6. The van der Waals surface area contributed by atoms with Crippen molar-refractivity contribution < 1.29 is 14.1 Å². The van der Waals surface area contributed by atoms with Gasteiger partial charge in [-0.1, -0.05) is 36.2 Å². The molecule has 1 fully saturated rings. The van der Waals surface area contributed by atoms with Crippen molar-refractivity contribution in [2.45, 2.75) is 57.5 Å². The average Bonchev–Trinajstić information content (AvgIpc) is 3.25. The summed E-state index contributed by atoms with van der Waals surface area (Å²) in [4.78, 5) is 16.2. The maximum atomic E-state index is 11.7. The maximum Gasteiger partial charge on any atom is 0.229 e. The predicted octanol–water partition coefficient (Wildman–Crippen LogP) is 3.04. The first-order valence-electron chi connectivity index (χ1n) is 9.12. The van der Waals surface area contributed by atoms with E-state index in [1.807, 2.05) is 31.2 Å². The summed E-state index contributed by atoms with van der Waals surface area (Å²) in [6.07, 6.45) is 4.28. The lowest BCUT2D eigenvalue weighted by atomic mass is 9.98. The van der Waals surface area contributed by atoms with Crippen LogP contribution < -0.4 is 15.8 Å². The van der Waals surface area contributed by atoms with Crippen LogP contribution in [0.15, 0.2) is 28.8 Å². The van der Waals surface area contributed by atoms with E-state index in [0.717, 1.165) is 37.0 Å². The first-order valence-corrected chi connectivity index (χ1v) is 9.12. The Kier molecular flexibility index (Phi) is 7.21. The molecule has 1 aliphatic carbocycles. The number of hydrogen-bond donors (Lipinski definition) is 2. The summed E-state index contributed by atoms with van der Waals surface area (Å²) in [7, 11) is 0. The van der Waals surface area contributed by atoms with Crippen LogP contribution in [0.3, 0.4) is 0 Å². The number of nitrogens with two attached hydrogens (primary N) is 1. The Hall–Kier alpha value is -2.12. The fraction of sp³-hybridized carbons (Fsp3) is 0.526. The highest BCUT2D eigenvalue weighted by Gasteiger charge is 2.36. The Morgan fingerprint density at radius 3 is 2.74 bits per heavy atom. The fourth-order valence-electron chi connectivity index (χ4n) is 3.48. The fourth-order valence-corrected chi connectivity index (χ4v) is 3.48. The molecule has 27 heavy (non-hydrogen) atoms. The van der Waals surface area contributed by atoms with Crippen LogP contribution in [-0.4, -0.2) is 22.7 Å². The van der Waals surface area contributed by atoms with Gasteiger partial charge in [0.2, 0.25) is 11.8 Å². The van der Waals surface area contributed by atoms with Crippen molar-refractivity contribution in [1.29, 1.82) is 0 Å². The lowest BCUT2D eigenvalue weighted by Gasteiger charge is -2.20. The van der Waals surface area contributed by atoms with Gasteiger partial charge >= 0.3 is 0 Å². The molecule has 0 saturated heterocycles. The van der Waals surface area contributed by atoms with E-state index in [4.69, 9.17) is 15.0 Å². The average molecular weight is 395 g/mol. The van der Waals surface area contributed by atoms with Crippen molar-refractivity contribution in [2.75, 3.05) is 6.61 Å². The molecule has 3 rings (SSSR count). The van der Waals surface area contributed by atoms with E-state index >= 15 is 0 Å². The molecule has 1 aliphatic rings. The highest BCUT2D eigenvalue weighted by atomic mass is 35.5. The number of nitrogens with one attached hydrogen (secondary N) is 1. The molecular formula is C19H27ClN4O3. The lowest BCUT2D eigenvalue weighted by molar-refractivity contribution is -0.119. The Labute approximate surface area is 165 Å². The molecule has 3 N–H and O–H groups in total. The van der Waals surface area contributed by atoms with Crippen molar-refractivity contribution in [3.8, 4) is 5.75 Å². The number of aromatic nitrogens is 2. The number of carbonyl (C=O) groups is 1. The van der Waals surface area contributed by atoms with Gasteiger partial charge in [-0.15, -0.1) is 12.4 Å². The number of benzene rings is 1. The van der Waals surface area contributed by atoms with Crippen molar-refractivity contribution >= 4 is 18.3 Å². The van der Waals surface area contributed by atoms with E-state index in [9.17, 15) is 4.79 Å². The van der Waals surface area contributed by atoms with E-state index in [0.29, 0.717) is 24.7 Å². The number of halogens is 1. The Morgan fingerprint density at radius 2 is 2.07 bits per heavy atom. The third kappa shape index (κ3) is 4.99. The van der Waals surface area contributed by atoms with Crippen LogP contribution in [0.4, 0.5) is 0 Å². The molecule has 0 aliphatic heterocycles. The molecule has 1 heterocycles. The van der Waals surface area contributed by atoms with Gasteiger partial charge in [0.05, 0.1) is 24.6 Å². The van der Waals surface area contributed by atoms with Gasteiger partial charge in [-0.05, 0) is 25.8 Å². The highest BCUT2D eigenvalue weighted by molar-refractivity contribution is 5.85. The van der Waals surface area contributed by atoms with Crippen LogP contribution in [0.1, 0.15) is 62.9 Å². The van der Waals surface area contributed by atoms with Gasteiger partial charge in [-0.25, -0.2) is 0 Å². The predicted molar refractivity (Wildman–Crippen MR) is 104 cm³/mol. The minimum Gasteiger partial charge on any atom is -0.494 e. The maximum absolute atomic E-state index is 11.7. The standard InChI is InChI=1S/C19H26N4O3.ClH/c1-3-25-16-9-5-4-8-14(16)15(21-13(2)24)12-17-22-18(23-26-17)19(20)10-6-7-11-19;/h4-5,8-9,15H,3,6-7,10-12,20H2,1-2H3,(H,21,24);1H. The van der Waals surface area contributed by atoms with Gasteiger partial charge < -0.3 is 20.3 Å². The minimum absolute atomic E-state index is 0. The molecule has 0 radical (unpaired) electrons. The topological polar surface area (TPSA) is 103 Å². The van der Waals surface area contributed by atoms with Gasteiger partial charge in [0.1, 0.15) is 5.75 Å². The monoisotopic (exact) mass is 394 g/mol. The quantitative estimate of drug-likeness (QED) is 0.748. The summed E-state index contributed by atoms with van der Waals surface area (Å²) in [5, 5.41) is 7.05. The zero-order valence-corrected chi connectivity index (χ0v) is 16.6. The molecule has 1 unspecified atom stereocenters. The summed E-state index contributed by atoms with van der Waals surface area (Å²) in [6, 6.07) is 7.33. The van der Waals surface area contributed by atoms with Crippen LogP contribution in [0.25, 0.3) is 0 Å². The number of carbonyl (C=O) groups excluding carboxylic acids is 1. The largest absolute Gasteiger partial charge is 0.494 e. The van der Waals surface area contributed by atoms with E-state index in [1.165, 1.54) is 6.92 Å². The molecule has 8 heteroatoms. The summed E-state index contributed by atoms with van der Waals surface area (Å²) >= 11 is 0. The van der Waals surface area contributed by atoms with Gasteiger partial charge in [0.15, 0.2) is 5.82 Å². The molecule has 1 aromatic heterocycles. The van der Waals surface area contributed by atoms with Crippen molar-refractivity contribution in [3.63, 3.8) is 0 Å². The van der Waals surface area contributed by atoms with Gasteiger partial charge in [-0.3, -0.25) is 4.79 Å². The van der Waals surface area contributed by atoms with E-state index in [2.05, 4.69) is 15.5 Å². The van der Waals surface area contributed by atoms with Gasteiger partial charge in [-0.2, -0.15) is 4.98 Å². The number of ether oxygens (including phenoxy) is 1. The third-order valence-electron chi connectivity index (χ3n) is 4.76. The second-order valence-electron chi connectivity index (χ2n) is 6.80. The van der Waals surface area contributed by atoms with Crippen molar-refractivity contribution in [1.82, 2.24) is 15.5 Å². The van der Waals surface area contributed by atoms with Crippen LogP contribution in [0, 0.1) is 0 Å². The summed E-state index contributed by atoms with van der Waals surface area (Å²) < 4.78 is 11.1. The molecule has 1 amide bonds. The van der Waals surface area contributed by atoms with Crippen molar-refractivity contribution in [2.24, 2.45) is 5.73 Å². The smallest absolute Gasteiger partial charge is 0.229 e. The first kappa shape index (κ1) is 21.2. The van der Waals surface area contributed by atoms with E-state index in [1.54, 1.807) is 0 Å². The molecule has 0 bridgehead atoms. The molecule has 0 spiro atoms. The molecule has 1 aromatic carbocycles. The number of nitrogens with zero attached hydrogens (tertiary/aromatic N) is 2. The van der Waals surface area contributed by atoms with Crippen molar-refractivity contribution in [3.05, 3.63) is 41.5 Å². The normalized spacial score (nSPS) is 16.4. The second kappa shape index (κ2) is 9.19. The highest BCUT2D eigenvalue weighted by Crippen LogP contribution is 2.35. The van der Waals surface area contributed by atoms with Crippen LogP contribution in [0.5, 0.6) is 5.75 Å². The first-order chi connectivity index (χ1) is 12.5. The molecule has 1 atom stereocenters. The van der Waals surface area contributed by atoms with E-state index < -0.39 is 5.54 Å². The molecule has 148 valence electrons. The Bertz CT molecular complexity index is 759. The summed E-state index contributed by atoms with van der Waals surface area (Å²) in [6.45, 7) is 3.96. The summed E-state index contributed by atoms with van der Waals surface area (Å²) in [5.41, 5.74) is 6.80. The van der Waals surface area contributed by atoms with Gasteiger partial charge in [0, 0.05) is 12.5 Å². The third-order valence-corrected chi connectivity index (χ3v) is 4.76.